The predicted octanol–water partition coefficient (Wildman–Crippen LogP) is 4.02. The van der Waals surface area contributed by atoms with E-state index in [0.29, 0.717) is 12.5 Å². The molecule has 0 bridgehead atoms. The number of anilines is 1. The highest BCUT2D eigenvalue weighted by molar-refractivity contribution is 9.10. The minimum atomic E-state index is -0.448. The summed E-state index contributed by atoms with van der Waals surface area (Å²) < 4.78 is 12.0. The van der Waals surface area contributed by atoms with Gasteiger partial charge >= 0.3 is 6.09 Å². The predicted molar refractivity (Wildman–Crippen MR) is 119 cm³/mol. The zero-order valence-electron chi connectivity index (χ0n) is 17.9. The van der Waals surface area contributed by atoms with Gasteiger partial charge in [0.25, 0.3) is 0 Å². The average Bonchev–Trinajstić information content (AvgIpc) is 2.68. The van der Waals surface area contributed by atoms with Crippen LogP contribution in [0.2, 0.25) is 0 Å². The second-order valence-corrected chi connectivity index (χ2v) is 9.89. The molecule has 29 heavy (non-hydrogen) atoms. The number of likely N-dealkylation sites (tertiary alicyclic amines) is 1. The van der Waals surface area contributed by atoms with Gasteiger partial charge in [0.15, 0.2) is 0 Å². The maximum Gasteiger partial charge on any atom is 0.407 e. The molecule has 0 aromatic heterocycles. The van der Waals surface area contributed by atoms with Gasteiger partial charge in [0.1, 0.15) is 5.60 Å². The van der Waals surface area contributed by atoms with Gasteiger partial charge in [0.05, 0.1) is 13.2 Å². The third-order valence-electron chi connectivity index (χ3n) is 5.43. The molecule has 2 aliphatic heterocycles. The number of ether oxygens (including phenoxy) is 2. The quantitative estimate of drug-likeness (QED) is 0.708. The number of amides is 1. The first-order valence-electron chi connectivity index (χ1n) is 10.6. The van der Waals surface area contributed by atoms with Crippen molar-refractivity contribution in [2.45, 2.75) is 45.8 Å². The van der Waals surface area contributed by atoms with Crippen molar-refractivity contribution in [1.29, 1.82) is 0 Å². The van der Waals surface area contributed by atoms with Gasteiger partial charge in [0.2, 0.25) is 0 Å². The lowest BCUT2D eigenvalue weighted by molar-refractivity contribution is 0.0509. The lowest BCUT2D eigenvalue weighted by Crippen LogP contribution is -2.40. The molecule has 2 saturated heterocycles. The fourth-order valence-electron chi connectivity index (χ4n) is 3.90. The zero-order valence-corrected chi connectivity index (χ0v) is 19.5. The van der Waals surface area contributed by atoms with E-state index < -0.39 is 5.60 Å². The molecule has 2 aliphatic rings. The number of carbonyl (C=O) groups excluding carboxylic acids is 1. The number of halogens is 1. The Balaban J connectivity index is 1.49. The number of piperidine rings is 1. The summed E-state index contributed by atoms with van der Waals surface area (Å²) in [5, 5.41) is 2.93. The van der Waals surface area contributed by atoms with Crippen molar-refractivity contribution >= 4 is 27.7 Å². The second kappa shape index (κ2) is 10.1. The fourth-order valence-corrected chi connectivity index (χ4v) is 4.25. The van der Waals surface area contributed by atoms with Crippen LogP contribution in [0.25, 0.3) is 0 Å². The number of carbonyl (C=O) groups is 1. The van der Waals surface area contributed by atoms with Crippen LogP contribution in [-0.4, -0.2) is 62.5 Å². The number of benzene rings is 1. The first-order valence-corrected chi connectivity index (χ1v) is 11.4. The highest BCUT2D eigenvalue weighted by atomic mass is 79.9. The van der Waals surface area contributed by atoms with E-state index in [2.05, 4.69) is 49.2 Å². The van der Waals surface area contributed by atoms with Crippen molar-refractivity contribution in [1.82, 2.24) is 10.2 Å². The lowest BCUT2D eigenvalue weighted by Gasteiger charge is -2.35. The number of nitrogens with one attached hydrogen (secondary N) is 1. The summed E-state index contributed by atoms with van der Waals surface area (Å²) in [6.45, 7) is 12.9. The number of hydrogen-bond acceptors (Lipinski definition) is 5. The van der Waals surface area contributed by atoms with Gasteiger partial charge in [-0.1, -0.05) is 22.0 Å². The Morgan fingerprint density at radius 1 is 1.21 bits per heavy atom. The number of alkyl carbamates (subject to hydrolysis) is 1. The molecule has 2 fully saturated rings. The van der Waals surface area contributed by atoms with Gasteiger partial charge in [-0.3, -0.25) is 4.90 Å². The number of nitrogens with zero attached hydrogens (tertiary/aromatic N) is 2. The molecule has 0 radical (unpaired) electrons. The van der Waals surface area contributed by atoms with Crippen molar-refractivity contribution in [3.05, 3.63) is 28.2 Å². The van der Waals surface area contributed by atoms with Crippen molar-refractivity contribution < 1.29 is 14.3 Å². The third kappa shape index (κ3) is 7.15. The van der Waals surface area contributed by atoms with E-state index in [1.54, 1.807) is 0 Å². The minimum Gasteiger partial charge on any atom is -0.444 e. The van der Waals surface area contributed by atoms with Gasteiger partial charge in [0, 0.05) is 36.3 Å². The molecular weight excluding hydrogens is 434 g/mol. The highest BCUT2D eigenvalue weighted by Crippen LogP contribution is 2.28. The van der Waals surface area contributed by atoms with Crippen LogP contribution in [0.3, 0.4) is 0 Å². The molecule has 0 unspecified atom stereocenters. The summed E-state index contributed by atoms with van der Waals surface area (Å²) in [5.41, 5.74) is 2.24. The number of rotatable bonds is 5. The molecule has 3 rings (SSSR count). The normalized spacial score (nSPS) is 19.2. The average molecular weight is 468 g/mol. The molecule has 1 N–H and O–H groups in total. The molecule has 6 nitrogen and oxygen atoms in total. The van der Waals surface area contributed by atoms with E-state index in [9.17, 15) is 4.79 Å². The van der Waals surface area contributed by atoms with Crippen molar-refractivity contribution in [2.75, 3.05) is 50.8 Å². The Labute approximate surface area is 183 Å². The molecule has 1 aromatic carbocycles. The Morgan fingerprint density at radius 2 is 1.90 bits per heavy atom. The summed E-state index contributed by atoms with van der Waals surface area (Å²) in [5.74, 6) is 0.516. The Bertz CT molecular complexity index is 678. The lowest BCUT2D eigenvalue weighted by atomic mass is 9.96. The standard InChI is InChI=1S/C22H34BrN3O3/c1-22(2,3)29-21(27)24-15-17-6-8-25(9-7-17)16-18-4-5-19(23)14-20(18)26-10-12-28-13-11-26/h4-5,14,17H,6-13,15-16H2,1-3H3,(H,24,27). The molecular formula is C22H34BrN3O3. The van der Waals surface area contributed by atoms with E-state index in [1.807, 2.05) is 20.8 Å². The van der Waals surface area contributed by atoms with Gasteiger partial charge in [-0.2, -0.15) is 0 Å². The van der Waals surface area contributed by atoms with Gasteiger partial charge in [-0.15, -0.1) is 0 Å². The largest absolute Gasteiger partial charge is 0.444 e. The molecule has 0 aliphatic carbocycles. The van der Waals surface area contributed by atoms with E-state index in [1.165, 1.54) is 11.3 Å². The molecule has 162 valence electrons. The summed E-state index contributed by atoms with van der Waals surface area (Å²) in [6.07, 6.45) is 1.88. The zero-order chi connectivity index (χ0) is 20.9. The second-order valence-electron chi connectivity index (χ2n) is 8.97. The molecule has 0 spiro atoms. The monoisotopic (exact) mass is 467 g/mol. The molecule has 7 heteroatoms. The highest BCUT2D eigenvalue weighted by Gasteiger charge is 2.23. The summed E-state index contributed by atoms with van der Waals surface area (Å²) >= 11 is 3.63. The topological polar surface area (TPSA) is 54.0 Å². The van der Waals surface area contributed by atoms with Crippen LogP contribution in [0.4, 0.5) is 10.5 Å². The SMILES string of the molecule is CC(C)(C)OC(=O)NCC1CCN(Cc2ccc(Br)cc2N2CCOCC2)CC1. The van der Waals surface area contributed by atoms with E-state index in [0.717, 1.165) is 63.3 Å². The smallest absolute Gasteiger partial charge is 0.407 e. The van der Waals surface area contributed by atoms with Crippen molar-refractivity contribution in [2.24, 2.45) is 5.92 Å². The summed E-state index contributed by atoms with van der Waals surface area (Å²) in [6, 6.07) is 6.61. The van der Waals surface area contributed by atoms with Crippen molar-refractivity contribution in [3.8, 4) is 0 Å². The van der Waals surface area contributed by atoms with Gasteiger partial charge in [-0.25, -0.2) is 4.79 Å². The van der Waals surface area contributed by atoms with Crippen LogP contribution in [0.1, 0.15) is 39.2 Å². The summed E-state index contributed by atoms with van der Waals surface area (Å²) in [7, 11) is 0. The maximum absolute atomic E-state index is 11.9. The molecule has 1 aromatic rings. The van der Waals surface area contributed by atoms with Crippen LogP contribution in [-0.2, 0) is 16.0 Å². The van der Waals surface area contributed by atoms with Crippen LogP contribution in [0, 0.1) is 5.92 Å². The number of hydrogen-bond donors (Lipinski definition) is 1. The third-order valence-corrected chi connectivity index (χ3v) is 5.93. The van der Waals surface area contributed by atoms with Crippen LogP contribution in [0.5, 0.6) is 0 Å². The molecule has 0 saturated carbocycles. The van der Waals surface area contributed by atoms with Crippen LogP contribution in [0.15, 0.2) is 22.7 Å². The Morgan fingerprint density at radius 3 is 2.55 bits per heavy atom. The minimum absolute atomic E-state index is 0.315. The van der Waals surface area contributed by atoms with Gasteiger partial charge in [-0.05, 0) is 70.3 Å². The number of morpholine rings is 1. The van der Waals surface area contributed by atoms with E-state index in [4.69, 9.17) is 9.47 Å². The molecule has 0 atom stereocenters. The summed E-state index contributed by atoms with van der Waals surface area (Å²) in [4.78, 5) is 16.8. The molecule has 1 amide bonds. The molecule has 2 heterocycles. The fraction of sp³-hybridized carbons (Fsp3) is 0.682. The van der Waals surface area contributed by atoms with E-state index in [-0.39, 0.29) is 6.09 Å². The van der Waals surface area contributed by atoms with Crippen LogP contribution >= 0.6 is 15.9 Å². The Kier molecular flexibility index (Phi) is 7.82. The van der Waals surface area contributed by atoms with Crippen LogP contribution < -0.4 is 10.2 Å². The van der Waals surface area contributed by atoms with E-state index >= 15 is 0 Å². The first kappa shape index (κ1) is 22.4. The van der Waals surface area contributed by atoms with Crippen molar-refractivity contribution in [3.63, 3.8) is 0 Å². The first-order chi connectivity index (χ1) is 13.8. The van der Waals surface area contributed by atoms with Gasteiger partial charge < -0.3 is 19.7 Å². The maximum atomic E-state index is 11.9. The Hall–Kier alpha value is -1.31.